The average Bonchev–Trinajstić information content (AvgIpc) is 2.74. The second-order valence-corrected chi connectivity index (χ2v) is 7.45. The number of esters is 1. The van der Waals surface area contributed by atoms with Gasteiger partial charge < -0.3 is 14.8 Å². The van der Waals surface area contributed by atoms with E-state index in [1.54, 1.807) is 31.2 Å². The molecule has 5 nitrogen and oxygen atoms in total. The second kappa shape index (κ2) is 10.1. The van der Waals surface area contributed by atoms with Crippen LogP contribution in [0.25, 0.3) is 0 Å². The first kappa shape index (κ1) is 20.9. The number of ether oxygens (including phenoxy) is 2. The van der Waals surface area contributed by atoms with Gasteiger partial charge in [0.1, 0.15) is 5.75 Å². The van der Waals surface area contributed by atoms with Crippen LogP contribution in [0.4, 0.5) is 5.69 Å². The molecule has 0 aromatic heterocycles. The molecule has 1 N–H and O–H groups in total. The third-order valence-corrected chi connectivity index (χ3v) is 5.12. The molecule has 5 heteroatoms. The summed E-state index contributed by atoms with van der Waals surface area (Å²) < 4.78 is 11.0. The Morgan fingerprint density at radius 1 is 1.03 bits per heavy atom. The first-order valence-electron chi connectivity index (χ1n) is 10.4. The third-order valence-electron chi connectivity index (χ3n) is 5.12. The summed E-state index contributed by atoms with van der Waals surface area (Å²) in [5.74, 6) is 0.139. The van der Waals surface area contributed by atoms with E-state index >= 15 is 0 Å². The van der Waals surface area contributed by atoms with Crippen molar-refractivity contribution < 1.29 is 19.1 Å². The molecule has 0 fully saturated rings. The first-order chi connectivity index (χ1) is 14.1. The highest BCUT2D eigenvalue weighted by Crippen LogP contribution is 2.26. The fourth-order valence-corrected chi connectivity index (χ4v) is 3.37. The molecule has 0 spiro atoms. The highest BCUT2D eigenvalue weighted by atomic mass is 16.5. The van der Waals surface area contributed by atoms with E-state index in [2.05, 4.69) is 17.4 Å². The number of unbranched alkanes of at least 4 members (excludes halogenated alkanes) is 1. The van der Waals surface area contributed by atoms with Crippen LogP contribution in [-0.2, 0) is 22.4 Å². The van der Waals surface area contributed by atoms with E-state index in [9.17, 15) is 9.59 Å². The number of hydrogen-bond acceptors (Lipinski definition) is 4. The minimum absolute atomic E-state index is 0.235. The van der Waals surface area contributed by atoms with Gasteiger partial charge in [0.05, 0.1) is 12.2 Å². The molecule has 0 saturated carbocycles. The predicted octanol–water partition coefficient (Wildman–Crippen LogP) is 4.93. The molecule has 3 rings (SSSR count). The first-order valence-corrected chi connectivity index (χ1v) is 10.4. The number of benzene rings is 2. The molecule has 1 atom stereocenters. The Balaban J connectivity index is 1.53. The molecule has 2 aromatic carbocycles. The Labute approximate surface area is 172 Å². The fraction of sp³-hybridized carbons (Fsp3) is 0.417. The molecule has 29 heavy (non-hydrogen) atoms. The zero-order valence-corrected chi connectivity index (χ0v) is 17.2. The highest BCUT2D eigenvalue weighted by molar-refractivity contribution is 5.95. The van der Waals surface area contributed by atoms with E-state index in [1.165, 1.54) is 24.0 Å². The number of fused-ring (bicyclic) bond motifs is 1. The summed E-state index contributed by atoms with van der Waals surface area (Å²) in [6, 6.07) is 12.8. The Hall–Kier alpha value is -2.82. The van der Waals surface area contributed by atoms with Gasteiger partial charge in [-0.25, -0.2) is 4.79 Å². The van der Waals surface area contributed by atoms with Crippen molar-refractivity contribution in [2.75, 3.05) is 11.9 Å². The zero-order chi connectivity index (χ0) is 20.6. The summed E-state index contributed by atoms with van der Waals surface area (Å²) in [5, 5.41) is 2.83. The van der Waals surface area contributed by atoms with Crippen molar-refractivity contribution in [3.63, 3.8) is 0 Å². The minimum atomic E-state index is -0.629. The summed E-state index contributed by atoms with van der Waals surface area (Å²) in [7, 11) is 0. The lowest BCUT2D eigenvalue weighted by atomic mass is 9.92. The highest BCUT2D eigenvalue weighted by Gasteiger charge is 2.17. The SMILES string of the molecule is CCCCOC(=O)c1ccc(NC(=O)[C@H](C)Oc2ccc3c(c2)CCCC3)cc1. The topological polar surface area (TPSA) is 64.6 Å². The fourth-order valence-electron chi connectivity index (χ4n) is 3.37. The van der Waals surface area contributed by atoms with Crippen LogP contribution in [0.1, 0.15) is 61.0 Å². The Morgan fingerprint density at radius 3 is 2.48 bits per heavy atom. The molecule has 0 bridgehead atoms. The Morgan fingerprint density at radius 2 is 1.76 bits per heavy atom. The van der Waals surface area contributed by atoms with Crippen LogP contribution in [0.5, 0.6) is 5.75 Å². The van der Waals surface area contributed by atoms with E-state index in [-0.39, 0.29) is 11.9 Å². The number of hydrogen-bond donors (Lipinski definition) is 1. The molecule has 0 unspecified atom stereocenters. The van der Waals surface area contributed by atoms with Gasteiger partial charge in [-0.1, -0.05) is 19.4 Å². The van der Waals surface area contributed by atoms with Crippen LogP contribution in [0, 0.1) is 0 Å². The lowest BCUT2D eigenvalue weighted by Crippen LogP contribution is -2.30. The van der Waals surface area contributed by atoms with Crippen LogP contribution in [0.2, 0.25) is 0 Å². The number of anilines is 1. The molecule has 154 valence electrons. The largest absolute Gasteiger partial charge is 0.481 e. The van der Waals surface area contributed by atoms with Crippen LogP contribution in [0.15, 0.2) is 42.5 Å². The summed E-state index contributed by atoms with van der Waals surface area (Å²) in [4.78, 5) is 24.4. The van der Waals surface area contributed by atoms with E-state index in [0.717, 1.165) is 31.4 Å². The van der Waals surface area contributed by atoms with Crippen molar-refractivity contribution in [2.24, 2.45) is 0 Å². The van der Waals surface area contributed by atoms with Gasteiger partial charge in [0.25, 0.3) is 5.91 Å². The van der Waals surface area contributed by atoms with Crippen molar-refractivity contribution in [1.82, 2.24) is 0 Å². The monoisotopic (exact) mass is 395 g/mol. The summed E-state index contributed by atoms with van der Waals surface area (Å²) in [6.07, 6.45) is 5.83. The molecular formula is C24H29NO4. The standard InChI is InChI=1S/C24H29NO4/c1-3-4-15-28-24(27)19-9-12-21(13-10-19)25-23(26)17(2)29-22-14-11-18-7-5-6-8-20(18)16-22/h9-14,16-17H,3-8,15H2,1-2H3,(H,25,26)/t17-/m0/s1. The van der Waals surface area contributed by atoms with Gasteiger partial charge in [-0.2, -0.15) is 0 Å². The second-order valence-electron chi connectivity index (χ2n) is 7.45. The third kappa shape index (κ3) is 5.83. The van der Waals surface area contributed by atoms with Crippen LogP contribution >= 0.6 is 0 Å². The average molecular weight is 395 g/mol. The maximum Gasteiger partial charge on any atom is 0.338 e. The number of nitrogens with one attached hydrogen (secondary N) is 1. The molecule has 1 amide bonds. The van der Waals surface area contributed by atoms with Gasteiger partial charge >= 0.3 is 5.97 Å². The van der Waals surface area contributed by atoms with Gasteiger partial charge in [0.2, 0.25) is 0 Å². The van der Waals surface area contributed by atoms with Gasteiger partial charge in [-0.3, -0.25) is 4.79 Å². The Kier molecular flexibility index (Phi) is 7.28. The minimum Gasteiger partial charge on any atom is -0.481 e. The van der Waals surface area contributed by atoms with E-state index < -0.39 is 6.10 Å². The van der Waals surface area contributed by atoms with Gasteiger partial charge in [0.15, 0.2) is 6.10 Å². The molecule has 0 aliphatic heterocycles. The molecule has 1 aliphatic rings. The zero-order valence-electron chi connectivity index (χ0n) is 17.2. The van der Waals surface area contributed by atoms with Gasteiger partial charge in [-0.15, -0.1) is 0 Å². The van der Waals surface area contributed by atoms with Gasteiger partial charge in [-0.05, 0) is 86.6 Å². The lowest BCUT2D eigenvalue weighted by molar-refractivity contribution is -0.122. The maximum atomic E-state index is 12.5. The van der Waals surface area contributed by atoms with Crippen LogP contribution < -0.4 is 10.1 Å². The lowest BCUT2D eigenvalue weighted by Gasteiger charge is -2.19. The number of amides is 1. The van der Waals surface area contributed by atoms with Crippen molar-refractivity contribution >= 4 is 17.6 Å². The summed E-state index contributed by atoms with van der Waals surface area (Å²) in [6.45, 7) is 4.20. The number of carbonyl (C=O) groups excluding carboxylic acids is 2. The summed E-state index contributed by atoms with van der Waals surface area (Å²) >= 11 is 0. The maximum absolute atomic E-state index is 12.5. The molecule has 0 heterocycles. The van der Waals surface area contributed by atoms with E-state index in [0.29, 0.717) is 17.9 Å². The number of aryl methyl sites for hydroxylation is 2. The Bertz CT molecular complexity index is 844. The van der Waals surface area contributed by atoms with Crippen molar-refractivity contribution in [3.8, 4) is 5.75 Å². The predicted molar refractivity (Wildman–Crippen MR) is 113 cm³/mol. The van der Waals surface area contributed by atoms with Gasteiger partial charge in [0, 0.05) is 5.69 Å². The summed E-state index contributed by atoms with van der Waals surface area (Å²) in [5.41, 5.74) is 3.79. The van der Waals surface area contributed by atoms with Crippen LogP contribution in [-0.4, -0.2) is 24.6 Å². The molecule has 0 radical (unpaired) electrons. The van der Waals surface area contributed by atoms with E-state index in [4.69, 9.17) is 9.47 Å². The van der Waals surface area contributed by atoms with Crippen molar-refractivity contribution in [2.45, 2.75) is 58.5 Å². The molecule has 1 aliphatic carbocycles. The quantitative estimate of drug-likeness (QED) is 0.508. The number of rotatable bonds is 8. The normalized spacial score (nSPS) is 13.9. The van der Waals surface area contributed by atoms with E-state index in [1.807, 2.05) is 13.0 Å². The molecule has 0 saturated heterocycles. The number of carbonyl (C=O) groups is 2. The van der Waals surface area contributed by atoms with Crippen molar-refractivity contribution in [3.05, 3.63) is 59.2 Å². The van der Waals surface area contributed by atoms with Crippen molar-refractivity contribution in [1.29, 1.82) is 0 Å². The smallest absolute Gasteiger partial charge is 0.338 e. The molecular weight excluding hydrogens is 366 g/mol. The molecule has 2 aromatic rings. The van der Waals surface area contributed by atoms with Crippen LogP contribution in [0.3, 0.4) is 0 Å².